The summed E-state index contributed by atoms with van der Waals surface area (Å²) < 4.78 is 13.3. The molecule has 0 radical (unpaired) electrons. The first-order valence-electron chi connectivity index (χ1n) is 13.2. The predicted molar refractivity (Wildman–Crippen MR) is 145 cm³/mol. The molecule has 4 heterocycles. The van der Waals surface area contributed by atoms with Crippen LogP contribution in [0.1, 0.15) is 35.8 Å². The molecular formula is C28H33N7O3. The molecule has 1 N–H and O–H groups in total. The Kier molecular flexibility index (Phi) is 6.82. The van der Waals surface area contributed by atoms with E-state index in [1.807, 2.05) is 41.1 Å². The van der Waals surface area contributed by atoms with Crippen LogP contribution < -0.4 is 15.2 Å². The summed E-state index contributed by atoms with van der Waals surface area (Å²) in [4.78, 5) is 21.3. The molecule has 38 heavy (non-hydrogen) atoms. The number of pyridine rings is 1. The highest BCUT2D eigenvalue weighted by Gasteiger charge is 2.34. The van der Waals surface area contributed by atoms with Crippen molar-refractivity contribution in [3.63, 3.8) is 0 Å². The zero-order chi connectivity index (χ0) is 26.1. The van der Waals surface area contributed by atoms with Crippen LogP contribution in [0.15, 0.2) is 53.3 Å². The Morgan fingerprint density at radius 3 is 2.76 bits per heavy atom. The van der Waals surface area contributed by atoms with E-state index < -0.39 is 0 Å². The molecule has 10 heteroatoms. The lowest BCUT2D eigenvalue weighted by Crippen LogP contribution is -2.49. The summed E-state index contributed by atoms with van der Waals surface area (Å²) in [7, 11) is 1.70. The van der Waals surface area contributed by atoms with Crippen molar-refractivity contribution >= 4 is 16.6 Å². The van der Waals surface area contributed by atoms with Gasteiger partial charge in [-0.1, -0.05) is 23.8 Å². The predicted octanol–water partition coefficient (Wildman–Crippen LogP) is 2.92. The van der Waals surface area contributed by atoms with Gasteiger partial charge in [0, 0.05) is 43.9 Å². The molecule has 2 aliphatic rings. The first-order chi connectivity index (χ1) is 18.6. The lowest BCUT2D eigenvalue weighted by atomic mass is 10.0. The molecular weight excluding hydrogens is 482 g/mol. The van der Waals surface area contributed by atoms with Crippen LogP contribution in [0, 0.1) is 6.92 Å². The number of methoxy groups -OCH3 is 1. The van der Waals surface area contributed by atoms with Crippen LogP contribution in [0.4, 0.5) is 5.69 Å². The van der Waals surface area contributed by atoms with E-state index in [9.17, 15) is 4.79 Å². The topological polar surface area (TPSA) is 101 Å². The van der Waals surface area contributed by atoms with Crippen molar-refractivity contribution in [3.05, 3.63) is 75.8 Å². The van der Waals surface area contributed by atoms with E-state index in [2.05, 4.69) is 49.4 Å². The number of H-pyrrole nitrogens is 1. The summed E-state index contributed by atoms with van der Waals surface area (Å²) in [5.74, 6) is 1.53. The Bertz CT molecular complexity index is 1470. The van der Waals surface area contributed by atoms with E-state index in [1.165, 1.54) is 0 Å². The minimum atomic E-state index is -0.389. The number of rotatable bonds is 7. The van der Waals surface area contributed by atoms with Crippen molar-refractivity contribution in [1.29, 1.82) is 0 Å². The van der Waals surface area contributed by atoms with Crippen molar-refractivity contribution in [2.75, 3.05) is 44.8 Å². The van der Waals surface area contributed by atoms with Gasteiger partial charge in [-0.3, -0.25) is 9.69 Å². The van der Waals surface area contributed by atoms with Crippen molar-refractivity contribution < 1.29 is 9.47 Å². The number of para-hydroxylation sites is 2. The molecule has 2 aromatic heterocycles. The summed E-state index contributed by atoms with van der Waals surface area (Å²) in [6.07, 6.45) is 2.11. The van der Waals surface area contributed by atoms with Crippen molar-refractivity contribution in [1.82, 2.24) is 30.1 Å². The Hall–Kier alpha value is -3.76. The fourth-order valence-electron chi connectivity index (χ4n) is 5.68. The fraction of sp³-hybridized carbons (Fsp3) is 0.429. The second kappa shape index (κ2) is 10.5. The molecule has 0 unspecified atom stereocenters. The lowest BCUT2D eigenvalue weighted by Gasteiger charge is -2.40. The van der Waals surface area contributed by atoms with Gasteiger partial charge in [-0.15, -0.1) is 5.10 Å². The van der Waals surface area contributed by atoms with Gasteiger partial charge in [0.15, 0.2) is 5.82 Å². The van der Waals surface area contributed by atoms with E-state index in [1.54, 1.807) is 7.11 Å². The minimum Gasteiger partial charge on any atom is -0.495 e. The Labute approximate surface area is 221 Å². The largest absolute Gasteiger partial charge is 0.495 e. The monoisotopic (exact) mass is 515 g/mol. The number of aromatic nitrogens is 5. The fourth-order valence-corrected chi connectivity index (χ4v) is 5.68. The third-order valence-electron chi connectivity index (χ3n) is 7.63. The van der Waals surface area contributed by atoms with Gasteiger partial charge >= 0.3 is 0 Å². The lowest BCUT2D eigenvalue weighted by molar-refractivity contribution is 0.0906. The van der Waals surface area contributed by atoms with Crippen molar-refractivity contribution in [2.24, 2.45) is 0 Å². The van der Waals surface area contributed by atoms with Gasteiger partial charge in [0.2, 0.25) is 0 Å². The molecule has 2 saturated heterocycles. The number of benzene rings is 2. The number of ether oxygens (including phenoxy) is 2. The smallest absolute Gasteiger partial charge is 0.253 e. The number of aryl methyl sites for hydroxylation is 1. The second-order valence-electron chi connectivity index (χ2n) is 10.1. The number of piperazine rings is 1. The molecule has 6 rings (SSSR count). The first-order valence-corrected chi connectivity index (χ1v) is 13.2. The molecule has 0 aliphatic carbocycles. The maximum atomic E-state index is 13.5. The van der Waals surface area contributed by atoms with Gasteiger partial charge in [-0.05, 0) is 65.9 Å². The van der Waals surface area contributed by atoms with Crippen molar-refractivity contribution in [3.8, 4) is 5.75 Å². The number of hydrogen-bond acceptors (Lipinski definition) is 8. The highest BCUT2D eigenvalue weighted by atomic mass is 16.5. The summed E-state index contributed by atoms with van der Waals surface area (Å²) in [5, 5.41) is 13.8. The molecule has 0 saturated carbocycles. The Morgan fingerprint density at radius 1 is 1.13 bits per heavy atom. The van der Waals surface area contributed by atoms with Gasteiger partial charge in [-0.25, -0.2) is 4.68 Å². The standard InChI is InChI=1S/C28H33N7O3/c1-19-9-10-23-20(16-19)17-22(28(36)29-23)26(27-30-31-32-35(27)18-21-6-5-15-38-21)34-13-11-33(12-14-34)24-7-3-4-8-25(24)37-2/h3-4,7-10,16-17,21,26H,5-6,11-15,18H2,1-2H3,(H,29,36)/t21-,26-/m0/s1. The van der Waals surface area contributed by atoms with Gasteiger partial charge in [0.25, 0.3) is 5.56 Å². The summed E-state index contributed by atoms with van der Waals surface area (Å²) in [6, 6.07) is 15.8. The zero-order valence-corrected chi connectivity index (χ0v) is 21.8. The van der Waals surface area contributed by atoms with E-state index in [0.29, 0.717) is 17.9 Å². The van der Waals surface area contributed by atoms with Crippen LogP contribution in [-0.2, 0) is 11.3 Å². The van der Waals surface area contributed by atoms with E-state index >= 15 is 0 Å². The third kappa shape index (κ3) is 4.77. The maximum Gasteiger partial charge on any atom is 0.253 e. The maximum absolute atomic E-state index is 13.5. The number of fused-ring (bicyclic) bond motifs is 1. The Morgan fingerprint density at radius 2 is 1.97 bits per heavy atom. The Balaban J connectivity index is 1.36. The van der Waals surface area contributed by atoms with E-state index in [-0.39, 0.29) is 17.7 Å². The highest BCUT2D eigenvalue weighted by molar-refractivity contribution is 5.79. The number of anilines is 1. The molecule has 2 aliphatic heterocycles. The number of tetrazole rings is 1. The summed E-state index contributed by atoms with van der Waals surface area (Å²) in [5.41, 5.74) is 3.57. The zero-order valence-electron chi connectivity index (χ0n) is 21.8. The van der Waals surface area contributed by atoms with Crippen LogP contribution in [0.3, 0.4) is 0 Å². The SMILES string of the molecule is COc1ccccc1N1CCN([C@@H](c2cc3cc(C)ccc3[nH]c2=O)c2nnnn2C[C@@H]2CCCO2)CC1. The van der Waals surface area contributed by atoms with Crippen LogP contribution in [0.25, 0.3) is 10.9 Å². The van der Waals surface area contributed by atoms with Gasteiger partial charge < -0.3 is 19.4 Å². The van der Waals surface area contributed by atoms with Crippen LogP contribution in [0.5, 0.6) is 5.75 Å². The first kappa shape index (κ1) is 24.6. The number of nitrogens with zero attached hydrogens (tertiary/aromatic N) is 6. The third-order valence-corrected chi connectivity index (χ3v) is 7.63. The molecule has 0 amide bonds. The van der Waals surface area contributed by atoms with Gasteiger partial charge in [0.1, 0.15) is 11.8 Å². The van der Waals surface area contributed by atoms with Gasteiger partial charge in [0.05, 0.1) is 25.4 Å². The van der Waals surface area contributed by atoms with Crippen LogP contribution >= 0.6 is 0 Å². The average molecular weight is 516 g/mol. The van der Waals surface area contributed by atoms with Gasteiger partial charge in [-0.2, -0.15) is 0 Å². The summed E-state index contributed by atoms with van der Waals surface area (Å²) in [6.45, 7) is 6.44. The second-order valence-corrected chi connectivity index (χ2v) is 10.1. The van der Waals surface area contributed by atoms with Crippen molar-refractivity contribution in [2.45, 2.75) is 38.5 Å². The highest BCUT2D eigenvalue weighted by Crippen LogP contribution is 2.32. The molecule has 198 valence electrons. The van der Waals surface area contributed by atoms with E-state index in [0.717, 1.165) is 73.5 Å². The molecule has 10 nitrogen and oxygen atoms in total. The molecule has 2 fully saturated rings. The van der Waals surface area contributed by atoms with Crippen LogP contribution in [-0.4, -0.2) is 76.1 Å². The van der Waals surface area contributed by atoms with E-state index in [4.69, 9.17) is 9.47 Å². The average Bonchev–Trinajstić information content (AvgIpc) is 3.63. The molecule has 0 spiro atoms. The molecule has 2 atom stereocenters. The number of hydrogen-bond donors (Lipinski definition) is 1. The minimum absolute atomic E-state index is 0.0813. The number of nitrogens with one attached hydrogen (secondary N) is 1. The molecule has 0 bridgehead atoms. The van der Waals surface area contributed by atoms with Crippen LogP contribution in [0.2, 0.25) is 0 Å². The quantitative estimate of drug-likeness (QED) is 0.401. The molecule has 2 aromatic carbocycles. The normalized spacial score (nSPS) is 19.2. The number of aromatic amines is 1. The summed E-state index contributed by atoms with van der Waals surface area (Å²) >= 11 is 0. The molecule has 4 aromatic rings.